The second-order valence-electron chi connectivity index (χ2n) is 7.48. The predicted octanol–water partition coefficient (Wildman–Crippen LogP) is 1.45. The van der Waals surface area contributed by atoms with Crippen LogP contribution in [0.15, 0.2) is 0 Å². The van der Waals surface area contributed by atoms with Crippen molar-refractivity contribution in [2.24, 2.45) is 5.92 Å². The van der Waals surface area contributed by atoms with Crippen LogP contribution in [-0.4, -0.2) is 72.1 Å². The Morgan fingerprint density at radius 3 is 2.42 bits per heavy atom. The Kier molecular flexibility index (Phi) is 5.52. The number of likely N-dealkylation sites (tertiary alicyclic amines) is 2. The van der Waals surface area contributed by atoms with Crippen molar-refractivity contribution in [1.82, 2.24) is 9.80 Å². The summed E-state index contributed by atoms with van der Waals surface area (Å²) in [5.74, 6) is -0.259. The lowest BCUT2D eigenvalue weighted by Crippen LogP contribution is -2.70. The Labute approximate surface area is 143 Å². The summed E-state index contributed by atoms with van der Waals surface area (Å²) in [7, 11) is 1.30. The van der Waals surface area contributed by atoms with E-state index < -0.39 is 17.6 Å². The second-order valence-corrected chi connectivity index (χ2v) is 7.48. The van der Waals surface area contributed by atoms with Gasteiger partial charge in [0.2, 0.25) is 0 Å². The van der Waals surface area contributed by atoms with E-state index in [0.29, 0.717) is 25.6 Å². The van der Waals surface area contributed by atoms with Crippen LogP contribution in [-0.2, 0) is 19.1 Å². The number of esters is 1. The van der Waals surface area contributed by atoms with Gasteiger partial charge in [0, 0.05) is 32.1 Å². The number of fused-ring (bicyclic) bond motifs is 1. The summed E-state index contributed by atoms with van der Waals surface area (Å²) in [6, 6.07) is -0.856. The zero-order valence-electron chi connectivity index (χ0n) is 15.2. The molecule has 0 N–H and O–H groups in total. The van der Waals surface area contributed by atoms with Crippen LogP contribution >= 0.6 is 0 Å². The molecule has 2 saturated heterocycles. The maximum Gasteiger partial charge on any atom is 0.410 e. The minimum atomic E-state index is -0.861. The zero-order chi connectivity index (χ0) is 18.1. The smallest absolute Gasteiger partial charge is 0.410 e. The first-order valence-electron chi connectivity index (χ1n) is 8.52. The number of methoxy groups -OCH3 is 1. The largest absolute Gasteiger partial charge is 0.468 e. The summed E-state index contributed by atoms with van der Waals surface area (Å²) in [5.41, 5.74) is -0.542. The van der Waals surface area contributed by atoms with Crippen molar-refractivity contribution < 1.29 is 23.9 Å². The molecule has 0 radical (unpaired) electrons. The van der Waals surface area contributed by atoms with Crippen LogP contribution in [0.4, 0.5) is 4.79 Å². The molecule has 136 valence electrons. The second kappa shape index (κ2) is 7.09. The van der Waals surface area contributed by atoms with Crippen LogP contribution in [0.1, 0.15) is 40.5 Å². The van der Waals surface area contributed by atoms with Gasteiger partial charge in [-0.1, -0.05) is 6.92 Å². The van der Waals surface area contributed by atoms with E-state index in [1.165, 1.54) is 7.11 Å². The number of amides is 1. The highest BCUT2D eigenvalue weighted by molar-refractivity contribution is 6.03. The van der Waals surface area contributed by atoms with Gasteiger partial charge < -0.3 is 14.4 Å². The molecule has 0 aliphatic carbocycles. The lowest BCUT2D eigenvalue weighted by atomic mass is 9.80. The molecule has 0 bridgehead atoms. The minimum absolute atomic E-state index is 0.00543. The van der Waals surface area contributed by atoms with Crippen molar-refractivity contribution in [2.45, 2.75) is 58.2 Å². The number of ether oxygens (including phenoxy) is 2. The van der Waals surface area contributed by atoms with Gasteiger partial charge in [0.05, 0.1) is 7.11 Å². The first-order chi connectivity index (χ1) is 11.2. The number of hydrogen-bond donors (Lipinski definition) is 0. The molecule has 0 aromatic carbocycles. The molecule has 3 atom stereocenters. The van der Waals surface area contributed by atoms with Crippen LogP contribution in [0.25, 0.3) is 0 Å². The number of piperidine rings is 1. The molecule has 2 aliphatic rings. The van der Waals surface area contributed by atoms with E-state index in [2.05, 4.69) is 0 Å². The summed E-state index contributed by atoms with van der Waals surface area (Å²) in [4.78, 5) is 40.0. The van der Waals surface area contributed by atoms with Gasteiger partial charge >= 0.3 is 12.1 Å². The number of Topliss-reactive ketones (excluding diaryl/α,β-unsaturated/α-hetero) is 1. The first-order valence-corrected chi connectivity index (χ1v) is 8.52. The lowest BCUT2D eigenvalue weighted by molar-refractivity contribution is -0.161. The molecule has 2 fully saturated rings. The van der Waals surface area contributed by atoms with E-state index >= 15 is 0 Å². The molecule has 2 aliphatic heterocycles. The third kappa shape index (κ3) is 3.88. The summed E-state index contributed by atoms with van der Waals surface area (Å²) in [6.45, 7) is 9.06. The molecular formula is C17H28N2O5. The minimum Gasteiger partial charge on any atom is -0.468 e. The quantitative estimate of drug-likeness (QED) is 0.569. The highest BCUT2D eigenvalue weighted by Crippen LogP contribution is 2.35. The maximum absolute atomic E-state index is 12.3. The number of nitrogens with zero attached hydrogens (tertiary/aromatic N) is 2. The van der Waals surface area contributed by atoms with E-state index in [9.17, 15) is 14.4 Å². The van der Waals surface area contributed by atoms with E-state index in [1.807, 2.05) is 25.7 Å². The van der Waals surface area contributed by atoms with Crippen molar-refractivity contribution >= 4 is 17.8 Å². The molecule has 0 aromatic heterocycles. The topological polar surface area (TPSA) is 76.2 Å². The van der Waals surface area contributed by atoms with Crippen LogP contribution in [0.2, 0.25) is 0 Å². The van der Waals surface area contributed by atoms with Gasteiger partial charge in [0.15, 0.2) is 11.8 Å². The van der Waals surface area contributed by atoms with Crippen LogP contribution < -0.4 is 0 Å². The zero-order valence-corrected chi connectivity index (χ0v) is 15.2. The molecule has 3 unspecified atom stereocenters. The normalized spacial score (nSPS) is 25.3. The van der Waals surface area contributed by atoms with E-state index in [4.69, 9.17) is 9.47 Å². The molecule has 0 aromatic rings. The van der Waals surface area contributed by atoms with Crippen molar-refractivity contribution in [1.29, 1.82) is 0 Å². The maximum atomic E-state index is 12.3. The Balaban J connectivity index is 2.06. The van der Waals surface area contributed by atoms with E-state index in [0.717, 1.165) is 6.42 Å². The molecule has 7 nitrogen and oxygen atoms in total. The summed E-state index contributed by atoms with van der Waals surface area (Å²) >= 11 is 0. The Morgan fingerprint density at radius 1 is 1.21 bits per heavy atom. The molecule has 7 heteroatoms. The SMILES string of the molecule is CCC(=O)C(C(=O)OC)N1CC2CCN(C(=O)OC(C)(C)C)CC21. The number of carbonyl (C=O) groups is 3. The number of hydrogen-bond acceptors (Lipinski definition) is 6. The predicted molar refractivity (Wildman–Crippen MR) is 87.5 cm³/mol. The highest BCUT2D eigenvalue weighted by Gasteiger charge is 2.50. The third-order valence-corrected chi connectivity index (χ3v) is 4.65. The fraction of sp³-hybridized carbons (Fsp3) is 0.824. The van der Waals surface area contributed by atoms with Crippen LogP contribution in [0.5, 0.6) is 0 Å². The standard InChI is InChI=1S/C17H28N2O5/c1-6-13(20)14(15(21)23-5)19-9-11-7-8-18(10-12(11)19)16(22)24-17(2,3)4/h11-12,14H,6-10H2,1-5H3. The number of rotatable bonds is 4. The van der Waals surface area contributed by atoms with Crippen molar-refractivity contribution in [3.8, 4) is 0 Å². The van der Waals surface area contributed by atoms with Gasteiger partial charge in [-0.05, 0) is 33.1 Å². The lowest BCUT2D eigenvalue weighted by Gasteiger charge is -2.54. The van der Waals surface area contributed by atoms with Crippen molar-refractivity contribution in [3.63, 3.8) is 0 Å². The monoisotopic (exact) mass is 340 g/mol. The number of ketones is 1. The first kappa shape index (κ1) is 18.7. The molecule has 0 spiro atoms. The number of carbonyl (C=O) groups excluding carboxylic acids is 3. The Hall–Kier alpha value is -1.63. The molecular weight excluding hydrogens is 312 g/mol. The average Bonchev–Trinajstić information content (AvgIpc) is 2.49. The van der Waals surface area contributed by atoms with E-state index in [-0.39, 0.29) is 24.3 Å². The summed E-state index contributed by atoms with van der Waals surface area (Å²) in [5, 5.41) is 0. The van der Waals surface area contributed by atoms with Gasteiger partial charge in [-0.15, -0.1) is 0 Å². The van der Waals surface area contributed by atoms with Crippen LogP contribution in [0, 0.1) is 5.92 Å². The molecule has 2 heterocycles. The van der Waals surface area contributed by atoms with E-state index in [1.54, 1.807) is 11.8 Å². The highest BCUT2D eigenvalue weighted by atomic mass is 16.6. The fourth-order valence-corrected chi connectivity index (χ4v) is 3.38. The van der Waals surface area contributed by atoms with Crippen molar-refractivity contribution in [2.75, 3.05) is 26.7 Å². The molecule has 24 heavy (non-hydrogen) atoms. The van der Waals surface area contributed by atoms with Crippen molar-refractivity contribution in [3.05, 3.63) is 0 Å². The fourth-order valence-electron chi connectivity index (χ4n) is 3.38. The van der Waals surface area contributed by atoms with Gasteiger partial charge in [-0.3, -0.25) is 9.69 Å². The van der Waals surface area contributed by atoms with Gasteiger partial charge in [0.1, 0.15) is 5.60 Å². The van der Waals surface area contributed by atoms with Crippen LogP contribution in [0.3, 0.4) is 0 Å². The molecule has 2 rings (SSSR count). The summed E-state index contributed by atoms with van der Waals surface area (Å²) < 4.78 is 10.2. The van der Waals surface area contributed by atoms with Gasteiger partial charge in [0.25, 0.3) is 0 Å². The Bertz CT molecular complexity index is 498. The average molecular weight is 340 g/mol. The van der Waals surface area contributed by atoms with Gasteiger partial charge in [-0.2, -0.15) is 0 Å². The molecule has 0 saturated carbocycles. The molecule has 1 amide bonds. The Morgan fingerprint density at radius 2 is 1.88 bits per heavy atom. The third-order valence-electron chi connectivity index (χ3n) is 4.65. The van der Waals surface area contributed by atoms with Gasteiger partial charge in [-0.25, -0.2) is 9.59 Å². The summed E-state index contributed by atoms with van der Waals surface area (Å²) in [6.07, 6.45) is 0.794.